The largest absolute Gasteiger partial charge is 0.340 e. The first-order valence-corrected chi connectivity index (χ1v) is 11.2. The second-order valence-electron chi connectivity index (χ2n) is 7.22. The van der Waals surface area contributed by atoms with Crippen LogP contribution in [-0.2, 0) is 6.54 Å². The molecule has 0 saturated heterocycles. The Morgan fingerprint density at radius 3 is 2.68 bits per heavy atom. The van der Waals surface area contributed by atoms with Crippen molar-refractivity contribution >= 4 is 39.8 Å². The number of rotatable bonds is 8. The molecular weight excluding hydrogens is 390 g/mol. The first-order valence-electron chi connectivity index (χ1n) is 9.38. The molecule has 0 amide bonds. The maximum absolute atomic E-state index is 13.0. The van der Waals surface area contributed by atoms with Crippen LogP contribution in [0, 0.1) is 13.8 Å². The summed E-state index contributed by atoms with van der Waals surface area (Å²) in [5.41, 5.74) is 1.43. The van der Waals surface area contributed by atoms with Crippen LogP contribution in [0.15, 0.2) is 40.3 Å². The Balaban J connectivity index is 1.88. The highest BCUT2D eigenvalue weighted by Crippen LogP contribution is 2.24. The summed E-state index contributed by atoms with van der Waals surface area (Å²) >= 11 is 2.99. The highest BCUT2D eigenvalue weighted by molar-refractivity contribution is 7.99. The molecule has 2 aromatic heterocycles. The fourth-order valence-electron chi connectivity index (χ4n) is 3.16. The van der Waals surface area contributed by atoms with Gasteiger partial charge < -0.3 is 4.90 Å². The van der Waals surface area contributed by atoms with E-state index in [1.165, 1.54) is 16.7 Å². The van der Waals surface area contributed by atoms with Gasteiger partial charge in [0.15, 0.2) is 10.9 Å². The number of thiophene rings is 1. The van der Waals surface area contributed by atoms with E-state index in [4.69, 9.17) is 4.98 Å². The van der Waals surface area contributed by atoms with Gasteiger partial charge in [-0.05, 0) is 32.0 Å². The molecule has 3 aromatic rings. The van der Waals surface area contributed by atoms with Crippen LogP contribution in [0.1, 0.15) is 26.5 Å². The molecule has 3 rings (SSSR count). The smallest absolute Gasteiger partial charge is 0.262 e. The number of fused-ring (bicyclic) bond motifs is 1. The summed E-state index contributed by atoms with van der Waals surface area (Å²) in [5, 5.41) is 1.25. The molecule has 1 N–H and O–H groups in total. The maximum atomic E-state index is 13.0. The lowest BCUT2D eigenvalue weighted by Crippen LogP contribution is -3.05. The number of thioether (sulfide) groups is 1. The zero-order chi connectivity index (χ0) is 20.3. The van der Waals surface area contributed by atoms with Crippen molar-refractivity contribution in [3.63, 3.8) is 0 Å². The standard InChI is InChI=1S/C21H25N3O2S2/c1-14-12-17(15(2)28-14)19(25)13-27-21-22-18-9-6-5-8-16(18)20(26)24(21)11-7-10-23(3)4/h5-6,8-9,12H,7,10-11,13H2,1-4H3/p+1. The third kappa shape index (κ3) is 4.71. The molecule has 148 valence electrons. The highest BCUT2D eigenvalue weighted by Gasteiger charge is 2.16. The van der Waals surface area contributed by atoms with E-state index in [0.717, 1.165) is 28.3 Å². The van der Waals surface area contributed by atoms with Gasteiger partial charge in [-0.15, -0.1) is 11.3 Å². The molecule has 0 unspecified atom stereocenters. The van der Waals surface area contributed by atoms with E-state index in [0.29, 0.717) is 22.6 Å². The Bertz CT molecular complexity index is 1050. The van der Waals surface area contributed by atoms with Crippen LogP contribution in [0.4, 0.5) is 0 Å². The number of carbonyl (C=O) groups is 1. The molecule has 0 fully saturated rings. The molecule has 0 aliphatic heterocycles. The van der Waals surface area contributed by atoms with Gasteiger partial charge in [0, 0.05) is 28.3 Å². The van der Waals surface area contributed by atoms with Crippen molar-refractivity contribution in [1.82, 2.24) is 9.55 Å². The number of nitrogens with one attached hydrogen (secondary N) is 1. The summed E-state index contributed by atoms with van der Waals surface area (Å²) in [4.78, 5) is 33.9. The van der Waals surface area contributed by atoms with E-state index >= 15 is 0 Å². The van der Waals surface area contributed by atoms with E-state index < -0.39 is 0 Å². The second kappa shape index (κ2) is 9.03. The molecule has 5 nitrogen and oxygen atoms in total. The zero-order valence-corrected chi connectivity index (χ0v) is 18.4. The van der Waals surface area contributed by atoms with Crippen LogP contribution in [-0.4, -0.2) is 41.7 Å². The topological polar surface area (TPSA) is 56.4 Å². The van der Waals surface area contributed by atoms with Crippen LogP contribution < -0.4 is 10.5 Å². The summed E-state index contributed by atoms with van der Waals surface area (Å²) in [6.07, 6.45) is 0.882. The average molecular weight is 417 g/mol. The first-order chi connectivity index (χ1) is 13.4. The molecule has 0 aliphatic carbocycles. The zero-order valence-electron chi connectivity index (χ0n) is 16.7. The molecule has 7 heteroatoms. The monoisotopic (exact) mass is 416 g/mol. The Morgan fingerprint density at radius 1 is 1.25 bits per heavy atom. The van der Waals surface area contributed by atoms with Crippen molar-refractivity contribution in [1.29, 1.82) is 0 Å². The molecule has 0 atom stereocenters. The predicted octanol–water partition coefficient (Wildman–Crippen LogP) is 2.58. The van der Waals surface area contributed by atoms with Crippen LogP contribution in [0.3, 0.4) is 0 Å². The summed E-state index contributed by atoms with van der Waals surface area (Å²) in [5.74, 6) is 0.360. The average Bonchev–Trinajstić information content (AvgIpc) is 3.00. The molecule has 0 aliphatic rings. The normalized spacial score (nSPS) is 11.5. The molecule has 1 aromatic carbocycles. The maximum Gasteiger partial charge on any atom is 0.262 e. The minimum Gasteiger partial charge on any atom is -0.340 e. The van der Waals surface area contributed by atoms with Gasteiger partial charge in [-0.1, -0.05) is 23.9 Å². The van der Waals surface area contributed by atoms with Gasteiger partial charge in [-0.3, -0.25) is 14.2 Å². The molecule has 0 spiro atoms. The van der Waals surface area contributed by atoms with Crippen LogP contribution in [0.25, 0.3) is 10.9 Å². The molecule has 0 radical (unpaired) electrons. The Hall–Kier alpha value is -1.96. The van der Waals surface area contributed by atoms with E-state index in [1.807, 2.05) is 44.2 Å². The molecule has 0 saturated carbocycles. The summed E-state index contributed by atoms with van der Waals surface area (Å²) in [7, 11) is 4.20. The van der Waals surface area contributed by atoms with Crippen LogP contribution in [0.5, 0.6) is 0 Å². The quantitative estimate of drug-likeness (QED) is 0.348. The lowest BCUT2D eigenvalue weighted by Gasteiger charge is -2.13. The molecular formula is C21H26N3O2S2+. The number of benzene rings is 1. The summed E-state index contributed by atoms with van der Waals surface area (Å²) < 4.78 is 1.73. The minimum absolute atomic E-state index is 0.0307. The fraction of sp³-hybridized carbons (Fsp3) is 0.381. The number of quaternary nitrogens is 1. The lowest BCUT2D eigenvalue weighted by atomic mass is 10.2. The highest BCUT2D eigenvalue weighted by atomic mass is 32.2. The van der Waals surface area contributed by atoms with Gasteiger partial charge >= 0.3 is 0 Å². The Labute approximate surface area is 173 Å². The second-order valence-corrected chi connectivity index (χ2v) is 9.62. The van der Waals surface area contributed by atoms with E-state index in [9.17, 15) is 9.59 Å². The van der Waals surface area contributed by atoms with Crippen LogP contribution >= 0.6 is 23.1 Å². The number of nitrogens with zero attached hydrogens (tertiary/aromatic N) is 2. The van der Waals surface area contributed by atoms with Crippen molar-refractivity contribution in [2.45, 2.75) is 32.0 Å². The number of aryl methyl sites for hydroxylation is 2. The number of hydrogen-bond donors (Lipinski definition) is 1. The minimum atomic E-state index is -0.0307. The number of hydrogen-bond acceptors (Lipinski definition) is 5. The van der Waals surface area contributed by atoms with E-state index in [2.05, 4.69) is 14.1 Å². The van der Waals surface area contributed by atoms with Gasteiger partial charge in [0.25, 0.3) is 5.56 Å². The van der Waals surface area contributed by atoms with E-state index in [-0.39, 0.29) is 17.1 Å². The van der Waals surface area contributed by atoms with Crippen LogP contribution in [0.2, 0.25) is 0 Å². The Morgan fingerprint density at radius 2 is 2.00 bits per heavy atom. The Kier molecular flexibility index (Phi) is 6.69. The van der Waals surface area contributed by atoms with Crippen molar-refractivity contribution in [3.8, 4) is 0 Å². The lowest BCUT2D eigenvalue weighted by molar-refractivity contribution is -0.858. The summed E-state index contributed by atoms with van der Waals surface area (Å²) in [6, 6.07) is 9.35. The fourth-order valence-corrected chi connectivity index (χ4v) is 5.01. The molecule has 0 bridgehead atoms. The van der Waals surface area contributed by atoms with Crippen molar-refractivity contribution in [2.75, 3.05) is 26.4 Å². The third-order valence-corrected chi connectivity index (χ3v) is 6.50. The van der Waals surface area contributed by atoms with Crippen molar-refractivity contribution < 1.29 is 9.69 Å². The SMILES string of the molecule is Cc1cc(C(=O)CSc2nc3ccccc3c(=O)n2CCC[NH+](C)C)c(C)s1. The predicted molar refractivity (Wildman–Crippen MR) is 117 cm³/mol. The van der Waals surface area contributed by atoms with E-state index in [1.54, 1.807) is 15.9 Å². The van der Waals surface area contributed by atoms with Gasteiger partial charge in [0.05, 0.1) is 37.3 Å². The van der Waals surface area contributed by atoms with Crippen molar-refractivity contribution in [3.05, 3.63) is 56.0 Å². The number of para-hydroxylation sites is 1. The van der Waals surface area contributed by atoms with Gasteiger partial charge in [-0.2, -0.15) is 0 Å². The van der Waals surface area contributed by atoms with Gasteiger partial charge in [0.1, 0.15) is 0 Å². The molecule has 28 heavy (non-hydrogen) atoms. The number of ketones is 1. The summed E-state index contributed by atoms with van der Waals surface area (Å²) in [6.45, 7) is 5.56. The number of carbonyl (C=O) groups excluding carboxylic acids is 1. The molecule has 2 heterocycles. The number of aromatic nitrogens is 2. The third-order valence-electron chi connectivity index (χ3n) is 4.56. The van der Waals surface area contributed by atoms with Gasteiger partial charge in [0.2, 0.25) is 0 Å². The number of Topliss-reactive ketones (excluding diaryl/α,β-unsaturated/α-hetero) is 1. The van der Waals surface area contributed by atoms with Gasteiger partial charge in [-0.25, -0.2) is 4.98 Å². The first kappa shape index (κ1) is 20.8. The van der Waals surface area contributed by atoms with Crippen molar-refractivity contribution in [2.24, 2.45) is 0 Å².